The lowest BCUT2D eigenvalue weighted by molar-refractivity contribution is -0.139. The van der Waals surface area contributed by atoms with Crippen LogP contribution in [0.2, 0.25) is 0 Å². The summed E-state index contributed by atoms with van der Waals surface area (Å²) in [5.41, 5.74) is 5.94. The van der Waals surface area contributed by atoms with Gasteiger partial charge in [0, 0.05) is 25.0 Å². The fourth-order valence-electron chi connectivity index (χ4n) is 4.43. The third kappa shape index (κ3) is 2.96. The number of carbonyl (C=O) groups excluding carboxylic acids is 1. The molecule has 1 aliphatic heterocycles. The van der Waals surface area contributed by atoms with Crippen LogP contribution < -0.4 is 5.73 Å². The van der Waals surface area contributed by atoms with Crippen LogP contribution in [0, 0.1) is 17.8 Å². The van der Waals surface area contributed by atoms with Gasteiger partial charge in [0.05, 0.1) is 0 Å². The third-order valence-electron chi connectivity index (χ3n) is 5.72. The number of hydrogen-bond acceptors (Lipinski definition) is 2. The molecule has 0 bridgehead atoms. The second kappa shape index (κ2) is 5.82. The van der Waals surface area contributed by atoms with Crippen LogP contribution in [0.15, 0.2) is 0 Å². The zero-order chi connectivity index (χ0) is 13.2. The van der Waals surface area contributed by atoms with Crippen LogP contribution in [0.4, 0.5) is 0 Å². The van der Waals surface area contributed by atoms with Gasteiger partial charge in [0.25, 0.3) is 0 Å². The van der Waals surface area contributed by atoms with Crippen molar-refractivity contribution in [3.05, 3.63) is 0 Å². The van der Waals surface area contributed by atoms with Gasteiger partial charge >= 0.3 is 0 Å². The lowest BCUT2D eigenvalue weighted by atomic mass is 9.74. The maximum absolute atomic E-state index is 12.6. The van der Waals surface area contributed by atoms with Crippen LogP contribution >= 0.6 is 0 Å². The summed E-state index contributed by atoms with van der Waals surface area (Å²) in [4.78, 5) is 14.8. The van der Waals surface area contributed by atoms with E-state index < -0.39 is 0 Å². The lowest BCUT2D eigenvalue weighted by Gasteiger charge is -2.42. The summed E-state index contributed by atoms with van der Waals surface area (Å²) in [7, 11) is 0. The van der Waals surface area contributed by atoms with Crippen LogP contribution in [0.5, 0.6) is 0 Å². The van der Waals surface area contributed by atoms with Crippen molar-refractivity contribution in [3.63, 3.8) is 0 Å². The zero-order valence-electron chi connectivity index (χ0n) is 12.0. The molecule has 2 N–H and O–H groups in total. The molecule has 1 amide bonds. The van der Waals surface area contributed by atoms with Crippen molar-refractivity contribution in [2.45, 2.75) is 63.8 Å². The fourth-order valence-corrected chi connectivity index (χ4v) is 4.43. The molecule has 3 aliphatic rings. The number of amides is 1. The van der Waals surface area contributed by atoms with Gasteiger partial charge in [-0.2, -0.15) is 0 Å². The molecule has 0 radical (unpaired) electrons. The molecule has 1 saturated heterocycles. The van der Waals surface area contributed by atoms with E-state index in [-0.39, 0.29) is 5.92 Å². The first kappa shape index (κ1) is 13.4. The predicted octanol–water partition coefficient (Wildman–Crippen LogP) is 2.54. The van der Waals surface area contributed by atoms with Gasteiger partial charge in [-0.15, -0.1) is 0 Å². The van der Waals surface area contributed by atoms with E-state index in [2.05, 4.69) is 4.90 Å². The van der Waals surface area contributed by atoms with Gasteiger partial charge in [0.15, 0.2) is 0 Å². The normalized spacial score (nSPS) is 39.7. The first-order valence-electron chi connectivity index (χ1n) is 8.28. The molecule has 3 nitrogen and oxygen atoms in total. The monoisotopic (exact) mass is 264 g/mol. The Hall–Kier alpha value is -0.570. The predicted molar refractivity (Wildman–Crippen MR) is 76.6 cm³/mol. The molecule has 2 unspecified atom stereocenters. The SMILES string of the molecule is NC1CCC(C(=O)N2CCC3CCCCC3C2)CC1. The molecule has 0 aromatic heterocycles. The first-order chi connectivity index (χ1) is 9.24. The van der Waals surface area contributed by atoms with Crippen molar-refractivity contribution in [2.75, 3.05) is 13.1 Å². The fraction of sp³-hybridized carbons (Fsp3) is 0.938. The molecule has 0 spiro atoms. The maximum atomic E-state index is 12.6. The summed E-state index contributed by atoms with van der Waals surface area (Å²) in [5.74, 6) is 2.44. The number of likely N-dealkylation sites (tertiary alicyclic amines) is 1. The van der Waals surface area contributed by atoms with E-state index in [1.54, 1.807) is 0 Å². The van der Waals surface area contributed by atoms with Gasteiger partial charge in [-0.25, -0.2) is 0 Å². The minimum absolute atomic E-state index is 0.278. The maximum Gasteiger partial charge on any atom is 0.225 e. The van der Waals surface area contributed by atoms with Crippen LogP contribution in [0.1, 0.15) is 57.8 Å². The van der Waals surface area contributed by atoms with E-state index in [4.69, 9.17) is 5.73 Å². The average Bonchev–Trinajstić information content (AvgIpc) is 2.47. The Morgan fingerprint density at radius 3 is 2.32 bits per heavy atom. The van der Waals surface area contributed by atoms with Gasteiger partial charge < -0.3 is 10.6 Å². The number of piperidine rings is 1. The minimum Gasteiger partial charge on any atom is -0.342 e. The van der Waals surface area contributed by atoms with E-state index in [0.29, 0.717) is 11.9 Å². The number of fused-ring (bicyclic) bond motifs is 1. The molecule has 1 heterocycles. The minimum atomic E-state index is 0.278. The van der Waals surface area contributed by atoms with E-state index in [1.807, 2.05) is 0 Å². The number of nitrogens with zero attached hydrogens (tertiary/aromatic N) is 1. The van der Waals surface area contributed by atoms with Crippen molar-refractivity contribution >= 4 is 5.91 Å². The molecular weight excluding hydrogens is 236 g/mol. The summed E-state index contributed by atoms with van der Waals surface area (Å²) in [6, 6.07) is 0.341. The van der Waals surface area contributed by atoms with Crippen molar-refractivity contribution < 1.29 is 4.79 Å². The highest BCUT2D eigenvalue weighted by molar-refractivity contribution is 5.79. The van der Waals surface area contributed by atoms with Crippen LogP contribution in [0.25, 0.3) is 0 Å². The lowest BCUT2D eigenvalue weighted by Crippen LogP contribution is -2.47. The molecule has 2 saturated carbocycles. The van der Waals surface area contributed by atoms with Crippen LogP contribution in [-0.4, -0.2) is 29.9 Å². The second-order valence-electron chi connectivity index (χ2n) is 6.99. The van der Waals surface area contributed by atoms with Gasteiger partial charge in [-0.1, -0.05) is 19.3 Å². The summed E-state index contributed by atoms with van der Waals surface area (Å²) in [5, 5.41) is 0. The molecule has 3 heteroatoms. The van der Waals surface area contributed by atoms with E-state index >= 15 is 0 Å². The summed E-state index contributed by atoms with van der Waals surface area (Å²) in [6.07, 6.45) is 10.9. The Morgan fingerprint density at radius 2 is 1.58 bits per heavy atom. The topological polar surface area (TPSA) is 46.3 Å². The van der Waals surface area contributed by atoms with E-state index in [1.165, 1.54) is 32.1 Å². The largest absolute Gasteiger partial charge is 0.342 e. The second-order valence-corrected chi connectivity index (χ2v) is 6.99. The molecule has 0 aromatic rings. The number of rotatable bonds is 1. The molecular formula is C16H28N2O. The molecule has 3 fully saturated rings. The van der Waals surface area contributed by atoms with E-state index in [0.717, 1.165) is 50.6 Å². The van der Waals surface area contributed by atoms with Crippen molar-refractivity contribution in [3.8, 4) is 0 Å². The smallest absolute Gasteiger partial charge is 0.225 e. The number of carbonyl (C=O) groups is 1. The van der Waals surface area contributed by atoms with Gasteiger partial charge in [0.2, 0.25) is 5.91 Å². The van der Waals surface area contributed by atoms with Gasteiger partial charge in [0.1, 0.15) is 0 Å². The molecule has 19 heavy (non-hydrogen) atoms. The van der Waals surface area contributed by atoms with E-state index in [9.17, 15) is 4.79 Å². The molecule has 2 atom stereocenters. The van der Waals surface area contributed by atoms with Gasteiger partial charge in [-0.05, 0) is 50.4 Å². The zero-order valence-corrected chi connectivity index (χ0v) is 12.0. The van der Waals surface area contributed by atoms with Crippen LogP contribution in [0.3, 0.4) is 0 Å². The Bertz CT molecular complexity index is 323. The first-order valence-corrected chi connectivity index (χ1v) is 8.28. The number of nitrogens with two attached hydrogens (primary N) is 1. The van der Waals surface area contributed by atoms with Crippen molar-refractivity contribution in [1.29, 1.82) is 0 Å². The van der Waals surface area contributed by atoms with Crippen LogP contribution in [-0.2, 0) is 4.79 Å². The Kier molecular flexibility index (Phi) is 4.11. The summed E-state index contributed by atoms with van der Waals surface area (Å²) < 4.78 is 0. The Balaban J connectivity index is 1.55. The summed E-state index contributed by atoms with van der Waals surface area (Å²) >= 11 is 0. The quantitative estimate of drug-likeness (QED) is 0.791. The summed E-state index contributed by atoms with van der Waals surface area (Å²) in [6.45, 7) is 2.06. The molecule has 3 rings (SSSR count). The van der Waals surface area contributed by atoms with Crippen molar-refractivity contribution in [2.24, 2.45) is 23.5 Å². The standard InChI is InChI=1S/C16H28N2O/c17-15-7-5-13(6-8-15)16(19)18-10-9-12-3-1-2-4-14(12)11-18/h12-15H,1-11,17H2. The van der Waals surface area contributed by atoms with Crippen molar-refractivity contribution in [1.82, 2.24) is 4.90 Å². The average molecular weight is 264 g/mol. The van der Waals surface area contributed by atoms with Gasteiger partial charge in [-0.3, -0.25) is 4.79 Å². The third-order valence-corrected chi connectivity index (χ3v) is 5.72. The number of hydrogen-bond donors (Lipinski definition) is 1. The molecule has 2 aliphatic carbocycles. The Labute approximate surface area is 116 Å². The highest BCUT2D eigenvalue weighted by atomic mass is 16.2. The highest BCUT2D eigenvalue weighted by Crippen LogP contribution is 2.37. The highest BCUT2D eigenvalue weighted by Gasteiger charge is 2.35. The Morgan fingerprint density at radius 1 is 0.895 bits per heavy atom. The molecule has 0 aromatic carbocycles. The molecule has 108 valence electrons.